The van der Waals surface area contributed by atoms with Crippen molar-refractivity contribution in [2.45, 2.75) is 19.9 Å². The Kier molecular flexibility index (Phi) is 5.93. The second-order valence-electron chi connectivity index (χ2n) is 5.21. The van der Waals surface area contributed by atoms with E-state index in [1.165, 1.54) is 0 Å². The van der Waals surface area contributed by atoms with E-state index < -0.39 is 17.4 Å². The first kappa shape index (κ1) is 16.1. The third-order valence-electron chi connectivity index (χ3n) is 3.31. The Morgan fingerprint density at radius 1 is 1.58 bits per heavy atom. The quantitative estimate of drug-likeness (QED) is 0.672. The predicted molar refractivity (Wildman–Crippen MR) is 74.4 cm³/mol. The first-order valence-electron chi connectivity index (χ1n) is 6.24. The Morgan fingerprint density at radius 2 is 2.26 bits per heavy atom. The average Bonchev–Trinajstić information content (AvgIpc) is 2.70. The minimum absolute atomic E-state index is 0.121. The van der Waals surface area contributed by atoms with Gasteiger partial charge in [0.1, 0.15) is 5.41 Å². The zero-order valence-corrected chi connectivity index (χ0v) is 12.4. The third kappa shape index (κ3) is 4.28. The number of hydrogen-bond donors (Lipinski definition) is 3. The van der Waals surface area contributed by atoms with E-state index in [9.17, 15) is 14.7 Å². The minimum atomic E-state index is -1.05. The molecular weight excluding hydrogens is 268 g/mol. The number of carbonyl (C=O) groups is 2. The Morgan fingerprint density at radius 3 is 2.84 bits per heavy atom. The van der Waals surface area contributed by atoms with Crippen LogP contribution in [-0.4, -0.2) is 54.9 Å². The van der Waals surface area contributed by atoms with Crippen LogP contribution in [0, 0.1) is 11.3 Å². The monoisotopic (exact) mass is 290 g/mol. The fourth-order valence-corrected chi connectivity index (χ4v) is 2.59. The van der Waals surface area contributed by atoms with Gasteiger partial charge in [-0.1, -0.05) is 6.92 Å². The van der Waals surface area contributed by atoms with Crippen LogP contribution in [0.25, 0.3) is 0 Å². The zero-order valence-electron chi connectivity index (χ0n) is 11.6. The van der Waals surface area contributed by atoms with Crippen LogP contribution < -0.4 is 10.6 Å². The second-order valence-corrected chi connectivity index (χ2v) is 6.12. The first-order valence-corrected chi connectivity index (χ1v) is 7.64. The molecule has 1 rings (SSSR count). The Balaban J connectivity index is 2.42. The lowest BCUT2D eigenvalue weighted by Gasteiger charge is -2.25. The lowest BCUT2D eigenvalue weighted by Crippen LogP contribution is -2.52. The number of carboxylic acid groups (broad SMARTS) is 1. The molecule has 19 heavy (non-hydrogen) atoms. The normalized spacial score (nSPS) is 27.8. The van der Waals surface area contributed by atoms with Gasteiger partial charge in [-0.2, -0.15) is 11.8 Å². The molecule has 0 radical (unpaired) electrons. The van der Waals surface area contributed by atoms with Gasteiger partial charge in [0.25, 0.3) is 0 Å². The summed E-state index contributed by atoms with van der Waals surface area (Å²) >= 11 is 1.73. The molecule has 0 bridgehead atoms. The van der Waals surface area contributed by atoms with Crippen molar-refractivity contribution in [3.05, 3.63) is 0 Å². The van der Waals surface area contributed by atoms with Crippen LogP contribution in [0.5, 0.6) is 0 Å². The summed E-state index contributed by atoms with van der Waals surface area (Å²) in [6.45, 7) is 4.57. The third-order valence-corrected chi connectivity index (χ3v) is 4.21. The largest absolute Gasteiger partial charge is 0.481 e. The number of hydrogen-bond acceptors (Lipinski definition) is 4. The molecule has 0 saturated carbocycles. The van der Waals surface area contributed by atoms with Gasteiger partial charge < -0.3 is 20.5 Å². The Bertz CT molecular complexity index is 340. The van der Waals surface area contributed by atoms with Crippen molar-refractivity contribution in [2.75, 3.05) is 31.8 Å². The molecule has 0 aliphatic carbocycles. The molecule has 1 saturated heterocycles. The summed E-state index contributed by atoms with van der Waals surface area (Å²) < 4.78 is 5.17. The minimum Gasteiger partial charge on any atom is -0.481 e. The number of ether oxygens (including phenoxy) is 1. The van der Waals surface area contributed by atoms with Gasteiger partial charge in [0, 0.05) is 6.54 Å². The van der Waals surface area contributed by atoms with E-state index in [2.05, 4.69) is 17.6 Å². The highest BCUT2D eigenvalue weighted by Gasteiger charge is 2.47. The van der Waals surface area contributed by atoms with Crippen molar-refractivity contribution >= 4 is 23.8 Å². The van der Waals surface area contributed by atoms with E-state index in [0.29, 0.717) is 12.5 Å². The number of amides is 2. The molecular formula is C12H22N2O4S. The van der Waals surface area contributed by atoms with Crippen LogP contribution in [0.2, 0.25) is 0 Å². The van der Waals surface area contributed by atoms with Crippen LogP contribution in [0.4, 0.5) is 4.79 Å². The maximum atomic E-state index is 11.7. The summed E-state index contributed by atoms with van der Waals surface area (Å²) in [4.78, 5) is 23.0. The fourth-order valence-electron chi connectivity index (χ4n) is 1.90. The van der Waals surface area contributed by atoms with Crippen LogP contribution in [-0.2, 0) is 9.53 Å². The average molecular weight is 290 g/mol. The highest BCUT2D eigenvalue weighted by atomic mass is 32.2. The Hall–Kier alpha value is -0.950. The molecule has 0 aromatic rings. The number of thioether (sulfide) groups is 1. The van der Waals surface area contributed by atoms with E-state index in [1.54, 1.807) is 18.7 Å². The molecule has 0 aromatic heterocycles. The van der Waals surface area contributed by atoms with Crippen molar-refractivity contribution in [3.63, 3.8) is 0 Å². The molecule has 1 fully saturated rings. The van der Waals surface area contributed by atoms with Crippen molar-refractivity contribution in [2.24, 2.45) is 11.3 Å². The number of carbonyl (C=O) groups excluding carboxylic acids is 1. The molecule has 0 spiro atoms. The number of rotatable bonds is 6. The molecule has 0 aromatic carbocycles. The van der Waals surface area contributed by atoms with Crippen molar-refractivity contribution in [3.8, 4) is 0 Å². The van der Waals surface area contributed by atoms with Gasteiger partial charge in [-0.05, 0) is 24.9 Å². The van der Waals surface area contributed by atoms with E-state index in [4.69, 9.17) is 4.74 Å². The SMILES string of the molecule is CSCC(C)CNC(=O)NC1COCC1(C)C(=O)O. The fraction of sp³-hybridized carbons (Fsp3) is 0.833. The van der Waals surface area contributed by atoms with E-state index >= 15 is 0 Å². The second kappa shape index (κ2) is 7.00. The van der Waals surface area contributed by atoms with Crippen LogP contribution in [0.3, 0.4) is 0 Å². The van der Waals surface area contributed by atoms with Gasteiger partial charge in [0.2, 0.25) is 0 Å². The topological polar surface area (TPSA) is 87.7 Å². The summed E-state index contributed by atoms with van der Waals surface area (Å²) in [7, 11) is 0. The number of carboxylic acids is 1. The molecule has 3 unspecified atom stereocenters. The number of nitrogens with one attached hydrogen (secondary N) is 2. The van der Waals surface area contributed by atoms with Crippen LogP contribution >= 0.6 is 11.8 Å². The molecule has 1 aliphatic rings. The summed E-state index contributed by atoms with van der Waals surface area (Å²) in [5.74, 6) is 0.400. The van der Waals surface area contributed by atoms with Crippen molar-refractivity contribution in [1.29, 1.82) is 0 Å². The number of aliphatic carboxylic acids is 1. The molecule has 110 valence electrons. The van der Waals surface area contributed by atoms with Crippen molar-refractivity contribution < 1.29 is 19.4 Å². The predicted octanol–water partition coefficient (Wildman–Crippen LogP) is 0.774. The molecule has 6 nitrogen and oxygen atoms in total. The van der Waals surface area contributed by atoms with Gasteiger partial charge in [-0.3, -0.25) is 4.79 Å². The number of urea groups is 1. The lowest BCUT2D eigenvalue weighted by molar-refractivity contribution is -0.148. The van der Waals surface area contributed by atoms with Crippen molar-refractivity contribution in [1.82, 2.24) is 10.6 Å². The maximum absolute atomic E-state index is 11.7. The Labute approximate surface area is 117 Å². The van der Waals surface area contributed by atoms with Gasteiger partial charge in [0.05, 0.1) is 19.3 Å². The van der Waals surface area contributed by atoms with Crippen LogP contribution in [0.15, 0.2) is 0 Å². The standard InChI is InChI=1S/C12H22N2O4S/c1-8(6-19-3)4-13-11(17)14-9-5-18-7-12(9,2)10(15)16/h8-9H,4-7H2,1-3H3,(H,15,16)(H2,13,14,17). The summed E-state index contributed by atoms with van der Waals surface area (Å²) in [5, 5.41) is 14.6. The summed E-state index contributed by atoms with van der Waals surface area (Å²) in [6, 6.07) is -0.836. The van der Waals surface area contributed by atoms with Gasteiger partial charge >= 0.3 is 12.0 Å². The van der Waals surface area contributed by atoms with E-state index in [0.717, 1.165) is 5.75 Å². The van der Waals surface area contributed by atoms with Gasteiger partial charge in [-0.25, -0.2) is 4.79 Å². The maximum Gasteiger partial charge on any atom is 0.315 e. The highest BCUT2D eigenvalue weighted by molar-refractivity contribution is 7.98. The highest BCUT2D eigenvalue weighted by Crippen LogP contribution is 2.28. The molecule has 2 amide bonds. The molecule has 1 heterocycles. The smallest absolute Gasteiger partial charge is 0.315 e. The molecule has 3 N–H and O–H groups in total. The molecule has 3 atom stereocenters. The molecule has 7 heteroatoms. The van der Waals surface area contributed by atoms with Gasteiger partial charge in [0.15, 0.2) is 0 Å². The van der Waals surface area contributed by atoms with E-state index in [1.807, 2.05) is 6.26 Å². The van der Waals surface area contributed by atoms with Crippen LogP contribution in [0.1, 0.15) is 13.8 Å². The summed E-state index contributed by atoms with van der Waals surface area (Å²) in [6.07, 6.45) is 2.02. The first-order chi connectivity index (χ1) is 8.90. The summed E-state index contributed by atoms with van der Waals surface area (Å²) in [5.41, 5.74) is -1.05. The molecule has 1 aliphatic heterocycles. The zero-order chi connectivity index (χ0) is 14.5. The van der Waals surface area contributed by atoms with E-state index in [-0.39, 0.29) is 19.2 Å². The van der Waals surface area contributed by atoms with Gasteiger partial charge in [-0.15, -0.1) is 0 Å². The lowest BCUT2D eigenvalue weighted by atomic mass is 9.85.